The van der Waals surface area contributed by atoms with Gasteiger partial charge in [-0.1, -0.05) is 12.1 Å². The van der Waals surface area contributed by atoms with Crippen LogP contribution in [0.15, 0.2) is 59.5 Å². The molecule has 0 aliphatic carbocycles. The SMILES string of the molecule is COc1cccc(-c2nnc3ccc(OCCNS(=O)(=O)c4ccc5c(c4)CCN5C(C)=O)nn23)c1. The number of hydrogen-bond donors (Lipinski definition) is 1. The van der Waals surface area contributed by atoms with Crippen LogP contribution in [0.1, 0.15) is 12.5 Å². The van der Waals surface area contributed by atoms with Gasteiger partial charge >= 0.3 is 0 Å². The monoisotopic (exact) mass is 508 g/mol. The third kappa shape index (κ3) is 4.60. The number of sulfonamides is 1. The third-order valence-electron chi connectivity index (χ3n) is 5.85. The quantitative estimate of drug-likeness (QED) is 0.358. The molecule has 1 N–H and O–H groups in total. The molecule has 2 aromatic carbocycles. The number of nitrogens with zero attached hydrogens (tertiary/aromatic N) is 5. The zero-order chi connectivity index (χ0) is 25.3. The predicted molar refractivity (Wildman–Crippen MR) is 132 cm³/mol. The molecule has 3 heterocycles. The highest BCUT2D eigenvalue weighted by molar-refractivity contribution is 7.89. The normalized spacial score (nSPS) is 13.1. The zero-order valence-corrected chi connectivity index (χ0v) is 20.5. The molecule has 2 aromatic heterocycles. The van der Waals surface area contributed by atoms with E-state index >= 15 is 0 Å². The molecule has 0 radical (unpaired) electrons. The van der Waals surface area contributed by atoms with Crippen LogP contribution in [0, 0.1) is 0 Å². The topological polar surface area (TPSA) is 128 Å². The largest absolute Gasteiger partial charge is 0.497 e. The summed E-state index contributed by atoms with van der Waals surface area (Å²) in [6.45, 7) is 2.16. The first-order valence-electron chi connectivity index (χ1n) is 11.3. The Balaban J connectivity index is 1.24. The van der Waals surface area contributed by atoms with Crippen molar-refractivity contribution in [3.8, 4) is 23.0 Å². The minimum atomic E-state index is -3.74. The van der Waals surface area contributed by atoms with E-state index in [1.807, 2.05) is 24.3 Å². The second kappa shape index (κ2) is 9.55. The molecule has 36 heavy (non-hydrogen) atoms. The lowest BCUT2D eigenvalue weighted by Crippen LogP contribution is -2.28. The minimum Gasteiger partial charge on any atom is -0.497 e. The highest BCUT2D eigenvalue weighted by Crippen LogP contribution is 2.30. The van der Waals surface area contributed by atoms with Gasteiger partial charge in [0, 0.05) is 37.3 Å². The number of methoxy groups -OCH3 is 1. The number of carbonyl (C=O) groups excluding carboxylic acids is 1. The Morgan fingerprint density at radius 2 is 1.97 bits per heavy atom. The number of hydrogen-bond acceptors (Lipinski definition) is 8. The molecule has 186 valence electrons. The summed E-state index contributed by atoms with van der Waals surface area (Å²) in [7, 11) is -2.15. The molecule has 12 heteroatoms. The van der Waals surface area contributed by atoms with Gasteiger partial charge in [0.05, 0.1) is 12.0 Å². The van der Waals surface area contributed by atoms with Gasteiger partial charge in [-0.15, -0.1) is 15.3 Å². The van der Waals surface area contributed by atoms with Gasteiger partial charge in [-0.05, 0) is 48.4 Å². The summed E-state index contributed by atoms with van der Waals surface area (Å²) in [5.74, 6) is 1.44. The Hall–Kier alpha value is -4.03. The van der Waals surface area contributed by atoms with E-state index in [1.54, 1.807) is 40.8 Å². The van der Waals surface area contributed by atoms with Crippen LogP contribution in [0.25, 0.3) is 17.0 Å². The van der Waals surface area contributed by atoms with E-state index in [0.29, 0.717) is 36.1 Å². The fraction of sp³-hybridized carbons (Fsp3) is 0.250. The second-order valence-electron chi connectivity index (χ2n) is 8.15. The minimum absolute atomic E-state index is 0.0453. The summed E-state index contributed by atoms with van der Waals surface area (Å²) in [6.07, 6.45) is 0.621. The molecule has 0 bridgehead atoms. The fourth-order valence-electron chi connectivity index (χ4n) is 4.08. The van der Waals surface area contributed by atoms with Crippen LogP contribution in [-0.2, 0) is 21.2 Å². The summed E-state index contributed by atoms with van der Waals surface area (Å²) >= 11 is 0. The molecule has 0 saturated heterocycles. The Morgan fingerprint density at radius 1 is 1.11 bits per heavy atom. The summed E-state index contributed by atoms with van der Waals surface area (Å²) in [5, 5.41) is 12.8. The van der Waals surface area contributed by atoms with Crippen molar-refractivity contribution in [3.05, 3.63) is 60.2 Å². The van der Waals surface area contributed by atoms with Gasteiger partial charge in [0.15, 0.2) is 11.5 Å². The molecule has 5 rings (SSSR count). The first kappa shape index (κ1) is 23.7. The molecule has 0 fully saturated rings. The van der Waals surface area contributed by atoms with E-state index in [1.165, 1.54) is 13.0 Å². The van der Waals surface area contributed by atoms with Crippen LogP contribution in [0.5, 0.6) is 11.6 Å². The first-order chi connectivity index (χ1) is 17.4. The molecular formula is C24H24N6O5S. The van der Waals surface area contributed by atoms with Gasteiger partial charge in [0.1, 0.15) is 12.4 Å². The highest BCUT2D eigenvalue weighted by atomic mass is 32.2. The lowest BCUT2D eigenvalue weighted by Gasteiger charge is -2.15. The van der Waals surface area contributed by atoms with Crippen LogP contribution in [0.2, 0.25) is 0 Å². The Morgan fingerprint density at radius 3 is 2.78 bits per heavy atom. The van der Waals surface area contributed by atoms with Gasteiger partial charge in [-0.25, -0.2) is 13.1 Å². The van der Waals surface area contributed by atoms with Crippen molar-refractivity contribution in [2.45, 2.75) is 18.2 Å². The number of rotatable bonds is 8. The Labute approximate surface area is 207 Å². The second-order valence-corrected chi connectivity index (χ2v) is 9.92. The maximum atomic E-state index is 12.8. The van der Waals surface area contributed by atoms with E-state index in [2.05, 4.69) is 20.0 Å². The molecule has 0 unspecified atom stereocenters. The zero-order valence-electron chi connectivity index (χ0n) is 19.7. The number of anilines is 1. The standard InChI is InChI=1S/C24H24N6O5S/c1-16(31)29-12-10-17-15-20(6-7-21(17)29)36(32,33)25-11-13-35-23-9-8-22-26-27-24(30(22)28-23)18-4-3-5-19(14-18)34-2/h3-9,14-15,25H,10-13H2,1-2H3. The molecule has 0 spiro atoms. The first-order valence-corrected chi connectivity index (χ1v) is 12.7. The number of benzene rings is 2. The van der Waals surface area contributed by atoms with Crippen molar-refractivity contribution >= 4 is 27.3 Å². The molecule has 0 saturated carbocycles. The van der Waals surface area contributed by atoms with Gasteiger partial charge < -0.3 is 14.4 Å². The molecule has 4 aromatic rings. The van der Waals surface area contributed by atoms with E-state index in [0.717, 1.165) is 16.8 Å². The Kier molecular flexibility index (Phi) is 6.29. The predicted octanol–water partition coefficient (Wildman–Crippen LogP) is 2.07. The van der Waals surface area contributed by atoms with Gasteiger partial charge in [-0.2, -0.15) is 4.52 Å². The van der Waals surface area contributed by atoms with Gasteiger partial charge in [0.2, 0.25) is 21.8 Å². The summed E-state index contributed by atoms with van der Waals surface area (Å²) in [6, 6.07) is 15.5. The maximum Gasteiger partial charge on any atom is 0.240 e. The van der Waals surface area contributed by atoms with E-state index in [9.17, 15) is 13.2 Å². The average molecular weight is 509 g/mol. The van der Waals surface area contributed by atoms with Crippen molar-refractivity contribution in [1.82, 2.24) is 24.5 Å². The molecule has 1 aliphatic heterocycles. The lowest BCUT2D eigenvalue weighted by molar-refractivity contribution is -0.116. The maximum absolute atomic E-state index is 12.8. The van der Waals surface area contributed by atoms with Crippen LogP contribution < -0.4 is 19.1 Å². The summed E-state index contributed by atoms with van der Waals surface area (Å²) < 4.78 is 40.6. The van der Waals surface area contributed by atoms with Crippen molar-refractivity contribution in [2.75, 3.05) is 31.7 Å². The number of fused-ring (bicyclic) bond motifs is 2. The van der Waals surface area contributed by atoms with Gasteiger partial charge in [-0.3, -0.25) is 4.79 Å². The smallest absolute Gasteiger partial charge is 0.240 e. The molecule has 1 aliphatic rings. The number of ether oxygens (including phenoxy) is 2. The van der Waals surface area contributed by atoms with Crippen LogP contribution >= 0.6 is 0 Å². The number of amides is 1. The third-order valence-corrected chi connectivity index (χ3v) is 7.31. The van der Waals surface area contributed by atoms with Crippen molar-refractivity contribution in [1.29, 1.82) is 0 Å². The number of carbonyl (C=O) groups is 1. The molecule has 1 amide bonds. The summed E-state index contributed by atoms with van der Waals surface area (Å²) in [5.41, 5.74) is 2.91. The summed E-state index contributed by atoms with van der Waals surface area (Å²) in [4.78, 5) is 13.5. The van der Waals surface area contributed by atoms with E-state index in [4.69, 9.17) is 9.47 Å². The average Bonchev–Trinajstić information content (AvgIpc) is 3.50. The van der Waals surface area contributed by atoms with E-state index in [-0.39, 0.29) is 24.0 Å². The molecule has 11 nitrogen and oxygen atoms in total. The number of nitrogens with one attached hydrogen (secondary N) is 1. The van der Waals surface area contributed by atoms with Crippen molar-refractivity contribution < 1.29 is 22.7 Å². The van der Waals surface area contributed by atoms with Crippen molar-refractivity contribution in [2.24, 2.45) is 0 Å². The van der Waals surface area contributed by atoms with Crippen LogP contribution in [-0.4, -0.2) is 60.9 Å². The number of aromatic nitrogens is 4. The van der Waals surface area contributed by atoms with Crippen LogP contribution in [0.3, 0.4) is 0 Å². The fourth-order valence-corrected chi connectivity index (χ4v) is 5.14. The van der Waals surface area contributed by atoms with Gasteiger partial charge in [0.25, 0.3) is 0 Å². The van der Waals surface area contributed by atoms with Crippen molar-refractivity contribution in [3.63, 3.8) is 0 Å². The lowest BCUT2D eigenvalue weighted by atomic mass is 10.2. The van der Waals surface area contributed by atoms with E-state index < -0.39 is 10.0 Å². The molecule has 0 atom stereocenters. The highest BCUT2D eigenvalue weighted by Gasteiger charge is 2.24. The molecular weight excluding hydrogens is 484 g/mol. The Bertz CT molecular complexity index is 1550. The van der Waals surface area contributed by atoms with Crippen LogP contribution in [0.4, 0.5) is 5.69 Å².